The smallest absolute Gasteiger partial charge is 0.237 e. The number of rotatable bonds is 8. The Morgan fingerprint density at radius 1 is 1.07 bits per heavy atom. The molecule has 0 unspecified atom stereocenters. The Balaban J connectivity index is 1.38. The summed E-state index contributed by atoms with van der Waals surface area (Å²) in [5, 5.41) is 3.05. The van der Waals surface area contributed by atoms with E-state index in [1.54, 1.807) is 7.11 Å². The maximum absolute atomic E-state index is 12.5. The van der Waals surface area contributed by atoms with Crippen LogP contribution < -0.4 is 10.1 Å². The number of nitrogens with zero attached hydrogens (tertiary/aromatic N) is 2. The van der Waals surface area contributed by atoms with Gasteiger partial charge in [-0.05, 0) is 30.2 Å². The molecule has 1 atom stereocenters. The zero-order valence-corrected chi connectivity index (χ0v) is 17.4. The lowest BCUT2D eigenvalue weighted by atomic mass is 10.2. The number of hydrogen-bond donors (Lipinski definition) is 1. The van der Waals surface area contributed by atoms with Crippen molar-refractivity contribution in [1.29, 1.82) is 0 Å². The summed E-state index contributed by atoms with van der Waals surface area (Å²) in [7, 11) is 1.65. The zero-order valence-electron chi connectivity index (χ0n) is 17.4. The van der Waals surface area contributed by atoms with E-state index >= 15 is 0 Å². The second-order valence-electron chi connectivity index (χ2n) is 7.39. The molecule has 5 heteroatoms. The highest BCUT2D eigenvalue weighted by atomic mass is 16.5. The van der Waals surface area contributed by atoms with E-state index < -0.39 is 0 Å². The van der Waals surface area contributed by atoms with Gasteiger partial charge in [0.2, 0.25) is 5.91 Å². The number of amides is 1. The van der Waals surface area contributed by atoms with Crippen LogP contribution in [0.25, 0.3) is 6.08 Å². The quantitative estimate of drug-likeness (QED) is 0.749. The minimum atomic E-state index is -0.116. The van der Waals surface area contributed by atoms with E-state index in [1.807, 2.05) is 37.3 Å². The third-order valence-corrected chi connectivity index (χ3v) is 5.43. The molecule has 2 aromatic carbocycles. The molecule has 1 N–H and O–H groups in total. The lowest BCUT2D eigenvalue weighted by molar-refractivity contribution is -0.126. The van der Waals surface area contributed by atoms with Gasteiger partial charge in [-0.15, -0.1) is 0 Å². The van der Waals surface area contributed by atoms with Crippen molar-refractivity contribution in [3.63, 3.8) is 0 Å². The van der Waals surface area contributed by atoms with E-state index in [4.69, 9.17) is 4.74 Å². The Kier molecular flexibility index (Phi) is 7.85. The second kappa shape index (κ2) is 10.8. The van der Waals surface area contributed by atoms with Crippen LogP contribution in [0.15, 0.2) is 60.7 Å². The number of benzene rings is 2. The summed E-state index contributed by atoms with van der Waals surface area (Å²) in [6.07, 6.45) is 4.39. The van der Waals surface area contributed by atoms with Crippen LogP contribution in [0.3, 0.4) is 0 Å². The SMILES string of the molecule is COc1ccc(CNC(=O)[C@H](C)N2CCN(C/C=C/c3ccccc3)CC2)cc1. The van der Waals surface area contributed by atoms with Crippen molar-refractivity contribution in [2.75, 3.05) is 39.8 Å². The number of ether oxygens (including phenoxy) is 1. The Morgan fingerprint density at radius 2 is 1.76 bits per heavy atom. The van der Waals surface area contributed by atoms with Gasteiger partial charge in [0.15, 0.2) is 0 Å². The monoisotopic (exact) mass is 393 g/mol. The average molecular weight is 394 g/mol. The van der Waals surface area contributed by atoms with Crippen molar-refractivity contribution >= 4 is 12.0 Å². The Morgan fingerprint density at radius 3 is 2.41 bits per heavy atom. The molecule has 0 aliphatic carbocycles. The Hall–Kier alpha value is -2.63. The molecular formula is C24H31N3O2. The van der Waals surface area contributed by atoms with Crippen LogP contribution in [-0.4, -0.2) is 61.6 Å². The Labute approximate surface area is 174 Å². The van der Waals surface area contributed by atoms with E-state index in [2.05, 4.69) is 51.5 Å². The molecule has 3 rings (SSSR count). The maximum Gasteiger partial charge on any atom is 0.237 e. The van der Waals surface area contributed by atoms with Crippen LogP contribution in [-0.2, 0) is 11.3 Å². The summed E-state index contributed by atoms with van der Waals surface area (Å²) < 4.78 is 5.17. The lowest BCUT2D eigenvalue weighted by Gasteiger charge is -2.37. The maximum atomic E-state index is 12.5. The van der Waals surface area contributed by atoms with Gasteiger partial charge >= 0.3 is 0 Å². The van der Waals surface area contributed by atoms with Gasteiger partial charge in [0.05, 0.1) is 13.2 Å². The number of carbonyl (C=O) groups is 1. The molecule has 1 aliphatic rings. The van der Waals surface area contributed by atoms with Crippen molar-refractivity contribution in [2.45, 2.75) is 19.5 Å². The molecule has 1 saturated heterocycles. The summed E-state index contributed by atoms with van der Waals surface area (Å²) in [6.45, 7) is 7.27. The molecule has 1 aliphatic heterocycles. The van der Waals surface area contributed by atoms with Crippen molar-refractivity contribution in [1.82, 2.24) is 15.1 Å². The fourth-order valence-corrected chi connectivity index (χ4v) is 3.48. The van der Waals surface area contributed by atoms with Gasteiger partial charge < -0.3 is 10.1 Å². The first-order valence-corrected chi connectivity index (χ1v) is 10.2. The number of piperazine rings is 1. The highest BCUT2D eigenvalue weighted by Crippen LogP contribution is 2.12. The number of hydrogen-bond acceptors (Lipinski definition) is 4. The molecule has 0 bridgehead atoms. The van der Waals surface area contributed by atoms with Gasteiger partial charge in [0.1, 0.15) is 5.75 Å². The fraction of sp³-hybridized carbons (Fsp3) is 0.375. The van der Waals surface area contributed by atoms with Gasteiger partial charge in [0, 0.05) is 39.3 Å². The topological polar surface area (TPSA) is 44.8 Å². The van der Waals surface area contributed by atoms with Gasteiger partial charge in [-0.3, -0.25) is 14.6 Å². The summed E-state index contributed by atoms with van der Waals surface area (Å²) >= 11 is 0. The minimum Gasteiger partial charge on any atom is -0.497 e. The number of methoxy groups -OCH3 is 1. The number of nitrogens with one attached hydrogen (secondary N) is 1. The molecule has 0 spiro atoms. The highest BCUT2D eigenvalue weighted by Gasteiger charge is 2.24. The Bertz CT molecular complexity index is 782. The molecule has 0 aromatic heterocycles. The standard InChI is InChI=1S/C24H31N3O2/c1-20(24(28)25-19-22-10-12-23(29-2)13-11-22)27-17-15-26(16-18-27)14-6-9-21-7-4-3-5-8-21/h3-13,20H,14-19H2,1-2H3,(H,25,28)/b9-6+/t20-/m0/s1. The minimum absolute atomic E-state index is 0.0817. The van der Waals surface area contributed by atoms with Crippen LogP contribution in [0.2, 0.25) is 0 Å². The van der Waals surface area contributed by atoms with Crippen LogP contribution in [0.5, 0.6) is 5.75 Å². The van der Waals surface area contributed by atoms with Crippen LogP contribution in [0.4, 0.5) is 0 Å². The van der Waals surface area contributed by atoms with Crippen LogP contribution >= 0.6 is 0 Å². The summed E-state index contributed by atoms with van der Waals surface area (Å²) in [5.74, 6) is 0.906. The van der Waals surface area contributed by atoms with E-state index in [1.165, 1.54) is 5.56 Å². The van der Waals surface area contributed by atoms with Crippen molar-refractivity contribution in [3.05, 3.63) is 71.8 Å². The summed E-state index contributed by atoms with van der Waals surface area (Å²) in [6, 6.07) is 18.0. The third-order valence-electron chi connectivity index (χ3n) is 5.43. The molecule has 1 amide bonds. The van der Waals surface area contributed by atoms with Crippen molar-refractivity contribution in [2.24, 2.45) is 0 Å². The largest absolute Gasteiger partial charge is 0.497 e. The fourth-order valence-electron chi connectivity index (χ4n) is 3.48. The second-order valence-corrected chi connectivity index (χ2v) is 7.39. The molecule has 154 valence electrons. The first-order chi connectivity index (χ1) is 14.2. The molecule has 0 saturated carbocycles. The lowest BCUT2D eigenvalue weighted by Crippen LogP contribution is -2.53. The first kappa shape index (κ1) is 21.1. The van der Waals surface area contributed by atoms with Crippen molar-refractivity contribution < 1.29 is 9.53 Å². The molecular weight excluding hydrogens is 362 g/mol. The third kappa shape index (κ3) is 6.44. The van der Waals surface area contributed by atoms with E-state index in [0.29, 0.717) is 6.54 Å². The van der Waals surface area contributed by atoms with Gasteiger partial charge in [0.25, 0.3) is 0 Å². The molecule has 5 nitrogen and oxygen atoms in total. The normalized spacial score (nSPS) is 16.6. The van der Waals surface area contributed by atoms with Gasteiger partial charge in [-0.25, -0.2) is 0 Å². The molecule has 1 heterocycles. The molecule has 2 aromatic rings. The van der Waals surface area contributed by atoms with E-state index in [-0.39, 0.29) is 11.9 Å². The predicted octanol–water partition coefficient (Wildman–Crippen LogP) is 3.03. The highest BCUT2D eigenvalue weighted by molar-refractivity contribution is 5.81. The van der Waals surface area contributed by atoms with Crippen LogP contribution in [0.1, 0.15) is 18.1 Å². The summed E-state index contributed by atoms with van der Waals surface area (Å²) in [4.78, 5) is 17.2. The first-order valence-electron chi connectivity index (χ1n) is 10.2. The number of carbonyl (C=O) groups excluding carboxylic acids is 1. The summed E-state index contributed by atoms with van der Waals surface area (Å²) in [5.41, 5.74) is 2.30. The van der Waals surface area contributed by atoms with Gasteiger partial charge in [-0.2, -0.15) is 0 Å². The molecule has 29 heavy (non-hydrogen) atoms. The average Bonchev–Trinajstić information content (AvgIpc) is 2.78. The predicted molar refractivity (Wildman–Crippen MR) is 118 cm³/mol. The van der Waals surface area contributed by atoms with Crippen LogP contribution in [0, 0.1) is 0 Å². The zero-order chi connectivity index (χ0) is 20.5. The molecule has 1 fully saturated rings. The van der Waals surface area contributed by atoms with E-state index in [0.717, 1.165) is 44.0 Å². The van der Waals surface area contributed by atoms with Gasteiger partial charge in [-0.1, -0.05) is 54.6 Å². The van der Waals surface area contributed by atoms with Crippen molar-refractivity contribution in [3.8, 4) is 5.75 Å². The van der Waals surface area contributed by atoms with E-state index in [9.17, 15) is 4.79 Å². The molecule has 0 radical (unpaired) electrons.